The van der Waals surface area contributed by atoms with Gasteiger partial charge >= 0.3 is 0 Å². The quantitative estimate of drug-likeness (QED) is 0.0568. The van der Waals surface area contributed by atoms with Crippen molar-refractivity contribution in [1.82, 2.24) is 0 Å². The lowest BCUT2D eigenvalue weighted by molar-refractivity contribution is -0.128. The maximum absolute atomic E-state index is 10.5. The molecule has 2 rings (SSSR count). The average Bonchev–Trinajstić information content (AvgIpc) is 3.32. The molecule has 4 N–H and O–H groups in total. The lowest BCUT2D eigenvalue weighted by Gasteiger charge is -2.09. The maximum Gasteiger partial charge on any atom is 0.133 e. The van der Waals surface area contributed by atoms with Gasteiger partial charge < -0.3 is 16.4 Å². The molecule has 1 aliphatic carbocycles. The summed E-state index contributed by atoms with van der Waals surface area (Å²) in [7, 11) is 0. The fourth-order valence-electron chi connectivity index (χ4n) is 8.96. The minimum absolute atomic E-state index is 0.240. The van der Waals surface area contributed by atoms with Crippen molar-refractivity contribution < 1.29 is 9.59 Å². The maximum atomic E-state index is 10.5. The smallest absolute Gasteiger partial charge is 0.133 e. The van der Waals surface area contributed by atoms with Gasteiger partial charge in [0.15, 0.2) is 0 Å². The summed E-state index contributed by atoms with van der Waals surface area (Å²) < 4.78 is 0. The molecule has 1 aromatic carbocycles. The molecule has 0 heterocycles. The summed E-state index contributed by atoms with van der Waals surface area (Å²) >= 11 is 0. The third kappa shape index (κ3) is 51.4. The topological polar surface area (TPSA) is 84.2 Å². The molecule has 382 valence electrons. The van der Waals surface area contributed by atoms with Crippen molar-refractivity contribution in [2.75, 3.05) is 30.3 Å². The Morgan fingerprint density at radius 3 is 0.692 bits per heavy atom. The van der Waals surface area contributed by atoms with Crippen molar-refractivity contribution in [1.29, 1.82) is 0 Å². The van der Waals surface area contributed by atoms with E-state index in [0.29, 0.717) is 25.7 Å². The van der Waals surface area contributed by atoms with Crippen LogP contribution in [0.5, 0.6) is 0 Å². The van der Waals surface area contributed by atoms with Gasteiger partial charge in [0.1, 0.15) is 11.6 Å². The van der Waals surface area contributed by atoms with Crippen molar-refractivity contribution >= 4 is 22.9 Å². The number of ketones is 2. The number of carbonyl (C=O) groups is 2. The lowest BCUT2D eigenvalue weighted by atomic mass is 9.98. The Bertz CT molecular complexity index is 980. The predicted octanol–water partition coefficient (Wildman–Crippen LogP) is 19.6. The normalized spacial score (nSPS) is 12.4. The highest BCUT2D eigenvalue weighted by molar-refractivity contribution is 5.92. The second-order valence-electron chi connectivity index (χ2n) is 20.1. The van der Waals surface area contributed by atoms with Crippen LogP contribution in [-0.2, 0) is 9.59 Å². The minimum atomic E-state index is 0.240. The number of nitrogens with two attached hydrogens (primary N) is 1. The van der Waals surface area contributed by atoms with Crippen LogP contribution in [0.3, 0.4) is 0 Å². The standard InChI is InChI=1S/C38H72N2.C16H35N.C6H8O2/c1-3-5-7-9-11-13-15-17-19-21-23-25-27-29-35-39-37-31-33-38(34-32-37)40-36-30-28-26-24-22-20-18-16-14-12-10-8-6-4-2;1-2-3-4-5-6-7-8-9-10-11-12-13-14-15-16-17;7-5-1-2-6(8)4-3-5/h31-34,39-40H,3-30,35-36H2,1-2H3;2-17H2,1H3;1-4H2. The summed E-state index contributed by atoms with van der Waals surface area (Å²) in [5, 5.41) is 7.22. The lowest BCUT2D eigenvalue weighted by Crippen LogP contribution is -2.12. The largest absolute Gasteiger partial charge is 0.385 e. The number of anilines is 2. The molecule has 0 aromatic heterocycles. The Morgan fingerprint density at radius 2 is 0.492 bits per heavy atom. The summed E-state index contributed by atoms with van der Waals surface area (Å²) in [4.78, 5) is 20.9. The molecule has 5 nitrogen and oxygen atoms in total. The van der Waals surface area contributed by atoms with Crippen LogP contribution >= 0.6 is 0 Å². The molecule has 1 saturated carbocycles. The molecule has 0 bridgehead atoms. The van der Waals surface area contributed by atoms with Crippen LogP contribution in [0.4, 0.5) is 11.4 Å². The molecule has 0 amide bonds. The Balaban J connectivity index is 0.00000133. The van der Waals surface area contributed by atoms with Gasteiger partial charge in [0, 0.05) is 50.1 Å². The van der Waals surface area contributed by atoms with Crippen molar-refractivity contribution in [3.8, 4) is 0 Å². The monoisotopic (exact) mass is 910 g/mol. The molecule has 0 unspecified atom stereocenters. The molecule has 0 aliphatic heterocycles. The van der Waals surface area contributed by atoms with Crippen molar-refractivity contribution in [2.24, 2.45) is 5.73 Å². The Labute approximate surface area is 407 Å². The van der Waals surface area contributed by atoms with Crippen molar-refractivity contribution in [2.45, 2.75) is 316 Å². The van der Waals surface area contributed by atoms with E-state index in [1.807, 2.05) is 0 Å². The van der Waals surface area contributed by atoms with Gasteiger partial charge in [0.05, 0.1) is 0 Å². The molecule has 0 radical (unpaired) electrons. The molecule has 1 fully saturated rings. The van der Waals surface area contributed by atoms with Crippen LogP contribution in [0.25, 0.3) is 0 Å². The second-order valence-corrected chi connectivity index (χ2v) is 20.1. The summed E-state index contributed by atoms with van der Waals surface area (Å²) in [5.41, 5.74) is 7.99. The van der Waals surface area contributed by atoms with Gasteiger partial charge in [-0.2, -0.15) is 0 Å². The number of benzene rings is 1. The van der Waals surface area contributed by atoms with E-state index in [4.69, 9.17) is 5.73 Å². The molecule has 65 heavy (non-hydrogen) atoms. The van der Waals surface area contributed by atoms with Crippen LogP contribution in [0.1, 0.15) is 316 Å². The average molecular weight is 911 g/mol. The SMILES string of the molecule is CCCCCCCCCCCCCCCCN.CCCCCCCCCCCCCCCCNc1ccc(NCCCCCCCCCCCCCCCC)cc1.O=C1CCC(=O)CC1. The van der Waals surface area contributed by atoms with Crippen LogP contribution in [0, 0.1) is 0 Å². The molecular formula is C60H115N3O2. The first kappa shape index (κ1) is 63.1. The van der Waals surface area contributed by atoms with E-state index < -0.39 is 0 Å². The predicted molar refractivity (Wildman–Crippen MR) is 292 cm³/mol. The highest BCUT2D eigenvalue weighted by Gasteiger charge is 2.14. The van der Waals surface area contributed by atoms with Crippen molar-refractivity contribution in [3.05, 3.63) is 24.3 Å². The highest BCUT2D eigenvalue weighted by atomic mass is 16.1. The molecule has 5 heteroatoms. The van der Waals surface area contributed by atoms with Gasteiger partial charge in [-0.25, -0.2) is 0 Å². The first-order valence-electron chi connectivity index (χ1n) is 29.4. The number of nitrogens with one attached hydrogen (secondary N) is 2. The zero-order valence-electron chi connectivity index (χ0n) is 44.4. The fourth-order valence-corrected chi connectivity index (χ4v) is 8.96. The van der Waals surface area contributed by atoms with Crippen LogP contribution in [0.2, 0.25) is 0 Å². The van der Waals surface area contributed by atoms with Crippen LogP contribution in [0.15, 0.2) is 24.3 Å². The molecule has 1 aromatic rings. The number of hydrogen-bond donors (Lipinski definition) is 3. The van der Waals surface area contributed by atoms with Crippen LogP contribution in [-0.4, -0.2) is 31.2 Å². The van der Waals surface area contributed by atoms with Gasteiger partial charge in [-0.15, -0.1) is 0 Å². The minimum Gasteiger partial charge on any atom is -0.385 e. The summed E-state index contributed by atoms with van der Waals surface area (Å²) in [6.07, 6.45) is 61.7. The van der Waals surface area contributed by atoms with E-state index in [9.17, 15) is 9.59 Å². The molecule has 1 aliphatic rings. The van der Waals surface area contributed by atoms with E-state index in [1.54, 1.807) is 0 Å². The number of unbranched alkanes of at least 4 members (excludes halogenated alkanes) is 39. The zero-order valence-corrected chi connectivity index (χ0v) is 44.4. The Morgan fingerprint density at radius 1 is 0.308 bits per heavy atom. The molecule has 0 atom stereocenters. The van der Waals surface area contributed by atoms with Crippen LogP contribution < -0.4 is 16.4 Å². The number of carbonyl (C=O) groups excluding carboxylic acids is 2. The summed E-state index contributed by atoms with van der Waals surface area (Å²) in [6.45, 7) is 9.96. The molecular weight excluding hydrogens is 795 g/mol. The summed E-state index contributed by atoms with van der Waals surface area (Å²) in [6, 6.07) is 8.93. The third-order valence-electron chi connectivity index (χ3n) is 13.5. The van der Waals surface area contributed by atoms with E-state index >= 15 is 0 Å². The zero-order chi connectivity index (χ0) is 47.2. The van der Waals surface area contributed by atoms with E-state index in [0.717, 1.165) is 19.6 Å². The van der Waals surface area contributed by atoms with Gasteiger partial charge in [0.25, 0.3) is 0 Å². The van der Waals surface area contributed by atoms with E-state index in [1.165, 1.54) is 281 Å². The first-order valence-corrected chi connectivity index (χ1v) is 29.4. The number of hydrogen-bond acceptors (Lipinski definition) is 5. The number of rotatable bonds is 46. The van der Waals surface area contributed by atoms with Gasteiger partial charge in [-0.1, -0.05) is 271 Å². The molecule has 0 saturated heterocycles. The molecule has 0 spiro atoms. The summed E-state index contributed by atoms with van der Waals surface area (Å²) in [5.74, 6) is 0.481. The van der Waals surface area contributed by atoms with Gasteiger partial charge in [0.2, 0.25) is 0 Å². The highest BCUT2D eigenvalue weighted by Crippen LogP contribution is 2.18. The Kier molecular flexibility index (Phi) is 53.1. The van der Waals surface area contributed by atoms with Crippen molar-refractivity contribution in [3.63, 3.8) is 0 Å². The Hall–Kier alpha value is -1.88. The van der Waals surface area contributed by atoms with Gasteiger partial charge in [-0.05, 0) is 50.1 Å². The first-order chi connectivity index (χ1) is 32.1. The van der Waals surface area contributed by atoms with E-state index in [2.05, 4.69) is 55.7 Å². The van der Waals surface area contributed by atoms with Gasteiger partial charge in [-0.3, -0.25) is 9.59 Å². The number of Topliss-reactive ketones (excluding diaryl/α,β-unsaturated/α-hetero) is 2. The second kappa shape index (κ2) is 54.7. The van der Waals surface area contributed by atoms with E-state index in [-0.39, 0.29) is 11.6 Å². The fraction of sp³-hybridized carbons (Fsp3) is 0.867. The third-order valence-corrected chi connectivity index (χ3v) is 13.5.